The van der Waals surface area contributed by atoms with Crippen LogP contribution < -0.4 is 14.8 Å². The second-order valence-electron chi connectivity index (χ2n) is 6.91. The summed E-state index contributed by atoms with van der Waals surface area (Å²) in [5.74, 6) is 2.19. The maximum absolute atomic E-state index is 12.1. The first-order valence-electron chi connectivity index (χ1n) is 9.55. The standard InChI is InChI=1S/C22H24N4O4/c1-15(2)14-29-18-6-4-16(12-19(18)28-3)5-7-20(27)24-13-21-25-22(26-30-21)17-8-10-23-11-9-17/h4-12,15H,13-14H2,1-3H3,(H,24,27)/b7-5+. The zero-order chi connectivity index (χ0) is 21.3. The van der Waals surface area contributed by atoms with Crippen LogP contribution in [0.5, 0.6) is 11.5 Å². The minimum atomic E-state index is -0.280. The fourth-order valence-electron chi connectivity index (χ4n) is 2.50. The summed E-state index contributed by atoms with van der Waals surface area (Å²) in [4.78, 5) is 20.3. The molecular formula is C22H24N4O4. The molecule has 0 bridgehead atoms. The van der Waals surface area contributed by atoms with Crippen molar-refractivity contribution in [3.63, 3.8) is 0 Å². The van der Waals surface area contributed by atoms with Gasteiger partial charge in [0.25, 0.3) is 0 Å². The third kappa shape index (κ3) is 5.91. The molecule has 0 saturated carbocycles. The van der Waals surface area contributed by atoms with Crippen LogP contribution in [0, 0.1) is 5.92 Å². The van der Waals surface area contributed by atoms with E-state index in [9.17, 15) is 4.79 Å². The van der Waals surface area contributed by atoms with Crippen LogP contribution in [0.1, 0.15) is 25.3 Å². The minimum absolute atomic E-state index is 0.132. The van der Waals surface area contributed by atoms with Crippen LogP contribution in [-0.2, 0) is 11.3 Å². The van der Waals surface area contributed by atoms with Crippen molar-refractivity contribution in [2.75, 3.05) is 13.7 Å². The number of carbonyl (C=O) groups excluding carboxylic acids is 1. The molecular weight excluding hydrogens is 384 g/mol. The van der Waals surface area contributed by atoms with Crippen molar-refractivity contribution >= 4 is 12.0 Å². The van der Waals surface area contributed by atoms with Crippen molar-refractivity contribution in [1.82, 2.24) is 20.4 Å². The van der Waals surface area contributed by atoms with Crippen LogP contribution >= 0.6 is 0 Å². The summed E-state index contributed by atoms with van der Waals surface area (Å²) in [7, 11) is 1.59. The molecule has 1 amide bonds. The summed E-state index contributed by atoms with van der Waals surface area (Å²) in [5.41, 5.74) is 1.61. The van der Waals surface area contributed by atoms with Gasteiger partial charge in [-0.25, -0.2) is 0 Å². The average Bonchev–Trinajstić information content (AvgIpc) is 3.24. The van der Waals surface area contributed by atoms with Gasteiger partial charge >= 0.3 is 0 Å². The largest absolute Gasteiger partial charge is 0.493 e. The Hall–Kier alpha value is -3.68. The number of rotatable bonds is 9. The number of hydrogen-bond donors (Lipinski definition) is 1. The quantitative estimate of drug-likeness (QED) is 0.541. The van der Waals surface area contributed by atoms with Gasteiger partial charge in [-0.1, -0.05) is 25.1 Å². The molecule has 0 aliphatic rings. The molecule has 0 radical (unpaired) electrons. The summed E-state index contributed by atoms with van der Waals surface area (Å²) in [6.07, 6.45) is 6.43. The lowest BCUT2D eigenvalue weighted by Gasteiger charge is -2.12. The van der Waals surface area contributed by atoms with E-state index in [4.69, 9.17) is 14.0 Å². The molecule has 8 nitrogen and oxygen atoms in total. The third-order valence-corrected chi connectivity index (χ3v) is 4.01. The molecule has 1 N–H and O–H groups in total. The highest BCUT2D eigenvalue weighted by Gasteiger charge is 2.09. The van der Waals surface area contributed by atoms with Gasteiger partial charge < -0.3 is 19.3 Å². The molecule has 2 heterocycles. The van der Waals surface area contributed by atoms with Gasteiger partial charge in [-0.3, -0.25) is 9.78 Å². The second-order valence-corrected chi connectivity index (χ2v) is 6.91. The zero-order valence-corrected chi connectivity index (χ0v) is 17.2. The van der Waals surface area contributed by atoms with Gasteiger partial charge in [0.05, 0.1) is 20.3 Å². The number of ether oxygens (including phenoxy) is 2. The number of pyridine rings is 1. The second kappa shape index (κ2) is 10.2. The van der Waals surface area contributed by atoms with Crippen molar-refractivity contribution in [2.24, 2.45) is 5.92 Å². The number of amides is 1. The number of hydrogen-bond acceptors (Lipinski definition) is 7. The monoisotopic (exact) mass is 408 g/mol. The lowest BCUT2D eigenvalue weighted by molar-refractivity contribution is -0.116. The van der Waals surface area contributed by atoms with Gasteiger partial charge in [0.2, 0.25) is 17.6 Å². The van der Waals surface area contributed by atoms with E-state index < -0.39 is 0 Å². The number of nitrogens with one attached hydrogen (secondary N) is 1. The van der Waals surface area contributed by atoms with Gasteiger partial charge in [-0.05, 0) is 41.8 Å². The maximum Gasteiger partial charge on any atom is 0.246 e. The topological polar surface area (TPSA) is 99.4 Å². The van der Waals surface area contributed by atoms with Crippen LogP contribution in [0.2, 0.25) is 0 Å². The van der Waals surface area contributed by atoms with Crippen LogP contribution in [0.3, 0.4) is 0 Å². The lowest BCUT2D eigenvalue weighted by atomic mass is 10.2. The first kappa shape index (κ1) is 21.0. The van der Waals surface area contributed by atoms with E-state index in [0.717, 1.165) is 11.1 Å². The fourth-order valence-corrected chi connectivity index (χ4v) is 2.50. The molecule has 2 aromatic heterocycles. The molecule has 156 valence electrons. The zero-order valence-electron chi connectivity index (χ0n) is 17.2. The van der Waals surface area contributed by atoms with Crippen LogP contribution in [0.4, 0.5) is 0 Å². The number of carbonyl (C=O) groups is 1. The van der Waals surface area contributed by atoms with Gasteiger partial charge in [0.1, 0.15) is 0 Å². The van der Waals surface area contributed by atoms with E-state index in [1.807, 2.05) is 18.2 Å². The lowest BCUT2D eigenvalue weighted by Crippen LogP contribution is -2.20. The highest BCUT2D eigenvalue weighted by Crippen LogP contribution is 2.29. The molecule has 1 aromatic carbocycles. The molecule has 0 aliphatic heterocycles. The van der Waals surface area contributed by atoms with Gasteiger partial charge in [0, 0.05) is 24.0 Å². The molecule has 8 heteroatoms. The first-order valence-corrected chi connectivity index (χ1v) is 9.55. The number of nitrogens with zero attached hydrogens (tertiary/aromatic N) is 3. The van der Waals surface area contributed by atoms with Gasteiger partial charge in [-0.2, -0.15) is 4.98 Å². The van der Waals surface area contributed by atoms with E-state index in [0.29, 0.717) is 35.7 Å². The summed E-state index contributed by atoms with van der Waals surface area (Å²) in [5, 5.41) is 6.62. The number of aromatic nitrogens is 3. The van der Waals surface area contributed by atoms with Crippen molar-refractivity contribution in [1.29, 1.82) is 0 Å². The van der Waals surface area contributed by atoms with Crippen molar-refractivity contribution < 1.29 is 18.8 Å². The molecule has 0 atom stereocenters. The Morgan fingerprint density at radius 2 is 2.00 bits per heavy atom. The molecule has 0 fully saturated rings. The Kier molecular flexibility index (Phi) is 7.15. The van der Waals surface area contributed by atoms with E-state index in [1.165, 1.54) is 6.08 Å². The molecule has 0 aliphatic carbocycles. The van der Waals surface area contributed by atoms with Crippen molar-refractivity contribution in [3.8, 4) is 22.9 Å². The highest BCUT2D eigenvalue weighted by atomic mass is 16.5. The minimum Gasteiger partial charge on any atom is -0.493 e. The molecule has 0 spiro atoms. The van der Waals surface area contributed by atoms with Gasteiger partial charge in [-0.15, -0.1) is 0 Å². The Morgan fingerprint density at radius 3 is 2.73 bits per heavy atom. The molecule has 3 rings (SSSR count). The first-order chi connectivity index (χ1) is 14.5. The van der Waals surface area contributed by atoms with Gasteiger partial charge in [0.15, 0.2) is 11.5 Å². The van der Waals surface area contributed by atoms with Crippen molar-refractivity contribution in [3.05, 3.63) is 60.3 Å². The Bertz CT molecular complexity index is 999. The smallest absolute Gasteiger partial charge is 0.246 e. The van der Waals surface area contributed by atoms with Crippen LogP contribution in [-0.4, -0.2) is 34.7 Å². The highest BCUT2D eigenvalue weighted by molar-refractivity contribution is 5.91. The SMILES string of the molecule is COc1cc(/C=C/C(=O)NCc2nc(-c3ccncc3)no2)ccc1OCC(C)C. The van der Waals surface area contributed by atoms with E-state index >= 15 is 0 Å². The summed E-state index contributed by atoms with van der Waals surface area (Å²) in [6, 6.07) is 9.07. The van der Waals surface area contributed by atoms with E-state index in [1.54, 1.807) is 37.7 Å². The summed E-state index contributed by atoms with van der Waals surface area (Å²) in [6.45, 7) is 4.89. The number of methoxy groups -OCH3 is 1. The average molecular weight is 408 g/mol. The van der Waals surface area contributed by atoms with Crippen molar-refractivity contribution in [2.45, 2.75) is 20.4 Å². The van der Waals surface area contributed by atoms with E-state index in [2.05, 4.69) is 34.3 Å². The normalized spacial score (nSPS) is 11.1. The fraction of sp³-hybridized carbons (Fsp3) is 0.273. The van der Waals surface area contributed by atoms with Crippen LogP contribution in [0.25, 0.3) is 17.5 Å². The molecule has 3 aromatic rings. The predicted octanol–water partition coefficient (Wildman–Crippen LogP) is 3.50. The Balaban J connectivity index is 1.55. The number of benzene rings is 1. The maximum atomic E-state index is 12.1. The molecule has 30 heavy (non-hydrogen) atoms. The Labute approximate surface area is 174 Å². The molecule has 0 saturated heterocycles. The van der Waals surface area contributed by atoms with E-state index in [-0.39, 0.29) is 12.5 Å². The summed E-state index contributed by atoms with van der Waals surface area (Å²) < 4.78 is 16.3. The predicted molar refractivity (Wildman–Crippen MR) is 112 cm³/mol. The van der Waals surface area contributed by atoms with Crippen LogP contribution in [0.15, 0.2) is 53.3 Å². The summed E-state index contributed by atoms with van der Waals surface area (Å²) >= 11 is 0. The third-order valence-electron chi connectivity index (χ3n) is 4.01. The molecule has 0 unspecified atom stereocenters. The Morgan fingerprint density at radius 1 is 1.20 bits per heavy atom.